The first-order valence-corrected chi connectivity index (χ1v) is 10.6. The summed E-state index contributed by atoms with van der Waals surface area (Å²) in [5.41, 5.74) is 1.78. The third kappa shape index (κ3) is 4.88. The van der Waals surface area contributed by atoms with E-state index in [9.17, 15) is 13.6 Å². The summed E-state index contributed by atoms with van der Waals surface area (Å²) in [7, 11) is 0. The van der Waals surface area contributed by atoms with E-state index in [4.69, 9.17) is 12.2 Å². The van der Waals surface area contributed by atoms with E-state index in [-0.39, 0.29) is 12.5 Å². The number of aromatic amines is 1. The van der Waals surface area contributed by atoms with Gasteiger partial charge >= 0.3 is 0 Å². The zero-order valence-corrected chi connectivity index (χ0v) is 17.4. The lowest BCUT2D eigenvalue weighted by atomic mass is 10.1. The number of nitrogens with zero attached hydrogens (tertiary/aromatic N) is 2. The van der Waals surface area contributed by atoms with Crippen LogP contribution >= 0.6 is 24.0 Å². The first-order chi connectivity index (χ1) is 14.5. The van der Waals surface area contributed by atoms with Crippen molar-refractivity contribution in [2.45, 2.75) is 36.1 Å². The van der Waals surface area contributed by atoms with Crippen LogP contribution in [-0.4, -0.2) is 26.4 Å². The molecule has 0 radical (unpaired) electrons. The molecular formula is C20H19F2N5OS2. The number of hydrogen-bond acceptors (Lipinski definition) is 5. The highest BCUT2D eigenvalue weighted by Gasteiger charge is 2.27. The van der Waals surface area contributed by atoms with Gasteiger partial charge in [-0.1, -0.05) is 23.9 Å². The molecule has 0 aliphatic heterocycles. The Morgan fingerprint density at radius 3 is 2.67 bits per heavy atom. The minimum absolute atomic E-state index is 0.251. The third-order valence-electron chi connectivity index (χ3n) is 4.63. The Hall–Kier alpha value is -2.72. The first kappa shape index (κ1) is 20.5. The molecule has 0 unspecified atom stereocenters. The van der Waals surface area contributed by atoms with Gasteiger partial charge < -0.3 is 10.6 Å². The van der Waals surface area contributed by atoms with E-state index >= 15 is 0 Å². The molecule has 1 aliphatic rings. The number of para-hydroxylation sites is 1. The zero-order chi connectivity index (χ0) is 21.1. The number of anilines is 2. The quantitative estimate of drug-likeness (QED) is 0.324. The van der Waals surface area contributed by atoms with Crippen LogP contribution in [0, 0.1) is 4.77 Å². The average Bonchev–Trinajstić information content (AvgIpc) is 3.50. The summed E-state index contributed by atoms with van der Waals surface area (Å²) in [5.74, 6) is -2.01. The number of benzene rings is 2. The Bertz CT molecular complexity index is 1090. The lowest BCUT2D eigenvalue weighted by Crippen LogP contribution is -2.25. The van der Waals surface area contributed by atoms with Crippen LogP contribution in [0.25, 0.3) is 0 Å². The van der Waals surface area contributed by atoms with Crippen molar-refractivity contribution in [1.82, 2.24) is 20.1 Å². The lowest BCUT2D eigenvalue weighted by molar-refractivity contribution is 0.0950. The lowest BCUT2D eigenvalue weighted by Gasteiger charge is -2.13. The number of rotatable bonds is 8. The summed E-state index contributed by atoms with van der Waals surface area (Å²) in [6, 6.07) is 14.1. The Balaban J connectivity index is 1.45. The molecule has 1 aromatic heterocycles. The fourth-order valence-corrected chi connectivity index (χ4v) is 3.89. The second kappa shape index (κ2) is 8.97. The molecule has 156 valence electrons. The largest absolute Gasteiger partial charge is 0.355 e. The molecule has 10 heteroatoms. The molecule has 0 spiro atoms. The fraction of sp³-hybridized carbons (Fsp3) is 0.250. The number of thioether (sulfide) groups is 1. The molecule has 3 N–H and O–H groups in total. The molecule has 1 fully saturated rings. The summed E-state index contributed by atoms with van der Waals surface area (Å²) < 4.78 is 27.5. The average molecular weight is 448 g/mol. The maximum atomic E-state index is 12.8. The molecule has 0 bridgehead atoms. The van der Waals surface area contributed by atoms with Crippen molar-refractivity contribution in [1.29, 1.82) is 0 Å². The van der Waals surface area contributed by atoms with E-state index in [1.54, 1.807) is 42.5 Å². The predicted octanol–water partition coefficient (Wildman–Crippen LogP) is 5.26. The van der Waals surface area contributed by atoms with Gasteiger partial charge in [0, 0.05) is 16.6 Å². The van der Waals surface area contributed by atoms with Gasteiger partial charge in [0.2, 0.25) is 0 Å². The van der Waals surface area contributed by atoms with E-state index in [2.05, 4.69) is 20.8 Å². The Morgan fingerprint density at radius 1 is 1.23 bits per heavy atom. The Morgan fingerprint density at radius 2 is 1.97 bits per heavy atom. The van der Waals surface area contributed by atoms with Crippen LogP contribution < -0.4 is 10.6 Å². The van der Waals surface area contributed by atoms with Crippen LogP contribution in [0.1, 0.15) is 35.1 Å². The van der Waals surface area contributed by atoms with Gasteiger partial charge in [-0.15, -0.1) is 0 Å². The predicted molar refractivity (Wildman–Crippen MR) is 115 cm³/mol. The van der Waals surface area contributed by atoms with E-state index in [0.717, 1.165) is 12.8 Å². The van der Waals surface area contributed by atoms with Gasteiger partial charge in [-0.25, -0.2) is 0 Å². The van der Waals surface area contributed by atoms with Crippen LogP contribution in [0.2, 0.25) is 0 Å². The van der Waals surface area contributed by atoms with Crippen LogP contribution in [0.4, 0.5) is 20.2 Å². The number of carbonyl (C=O) groups excluding carboxylic acids is 1. The topological polar surface area (TPSA) is 74.7 Å². The second-order valence-electron chi connectivity index (χ2n) is 6.80. The Labute approximate surface area is 181 Å². The van der Waals surface area contributed by atoms with Crippen molar-refractivity contribution in [3.05, 3.63) is 64.7 Å². The molecule has 1 saturated carbocycles. The molecule has 0 atom stereocenters. The van der Waals surface area contributed by atoms with Crippen molar-refractivity contribution in [2.75, 3.05) is 5.32 Å². The summed E-state index contributed by atoms with van der Waals surface area (Å²) in [6.45, 7) is 0.260. The van der Waals surface area contributed by atoms with Crippen molar-refractivity contribution >= 4 is 41.3 Å². The molecule has 1 aliphatic carbocycles. The zero-order valence-electron chi connectivity index (χ0n) is 15.8. The highest BCUT2D eigenvalue weighted by molar-refractivity contribution is 7.99. The number of carbonyl (C=O) groups is 1. The molecule has 2 aromatic carbocycles. The minimum Gasteiger partial charge on any atom is -0.355 e. The maximum Gasteiger partial charge on any atom is 0.288 e. The highest BCUT2D eigenvalue weighted by Crippen LogP contribution is 2.35. The number of aromatic nitrogens is 3. The summed E-state index contributed by atoms with van der Waals surface area (Å²) >= 11 is 5.76. The normalized spacial score (nSPS) is 13.4. The van der Waals surface area contributed by atoms with Crippen LogP contribution in [0.5, 0.6) is 0 Å². The maximum absolute atomic E-state index is 12.8. The second-order valence-corrected chi connectivity index (χ2v) is 8.25. The van der Waals surface area contributed by atoms with Gasteiger partial charge in [0.25, 0.3) is 11.7 Å². The number of hydrogen-bond donors (Lipinski definition) is 3. The fourth-order valence-electron chi connectivity index (χ4n) is 3.09. The van der Waals surface area contributed by atoms with Gasteiger partial charge in [0.15, 0.2) is 10.6 Å². The smallest absolute Gasteiger partial charge is 0.288 e. The molecular weight excluding hydrogens is 428 g/mol. The third-order valence-corrected chi connectivity index (χ3v) is 5.64. The van der Waals surface area contributed by atoms with Crippen molar-refractivity contribution in [3.63, 3.8) is 0 Å². The van der Waals surface area contributed by atoms with Crippen LogP contribution in [-0.2, 0) is 6.54 Å². The van der Waals surface area contributed by atoms with E-state index < -0.39 is 5.76 Å². The first-order valence-electron chi connectivity index (χ1n) is 9.36. The number of nitrogens with one attached hydrogen (secondary N) is 3. The Kier molecular flexibility index (Phi) is 6.14. The number of H-pyrrole nitrogens is 1. The molecule has 0 saturated heterocycles. The van der Waals surface area contributed by atoms with E-state index in [0.29, 0.717) is 50.2 Å². The molecule has 4 rings (SSSR count). The van der Waals surface area contributed by atoms with E-state index in [1.807, 2.05) is 10.6 Å². The number of alkyl halides is 2. The highest BCUT2D eigenvalue weighted by atomic mass is 32.2. The van der Waals surface area contributed by atoms with Crippen LogP contribution in [0.15, 0.2) is 53.4 Å². The summed E-state index contributed by atoms with van der Waals surface area (Å²) in [4.78, 5) is 13.3. The molecule has 1 amide bonds. The molecule has 1 heterocycles. The van der Waals surface area contributed by atoms with E-state index in [1.165, 1.54) is 0 Å². The standard InChI is InChI=1S/C20H19F2N5OS2/c21-19(22)30-14-9-5-12(6-10-14)24-16-4-2-1-3-15(16)18(28)23-11-17-25-26-20(29)27(17)13-7-8-13/h1-6,9-10,13,19,24H,7-8,11H2,(H,23,28)(H,26,29). The number of amides is 1. The molecule has 30 heavy (non-hydrogen) atoms. The number of halogens is 2. The molecule has 6 nitrogen and oxygen atoms in total. The van der Waals surface area contributed by atoms with Gasteiger partial charge in [-0.05, 0) is 61.5 Å². The van der Waals surface area contributed by atoms with Crippen molar-refractivity contribution in [3.8, 4) is 0 Å². The summed E-state index contributed by atoms with van der Waals surface area (Å²) in [6.07, 6.45) is 2.13. The van der Waals surface area contributed by atoms with Gasteiger partial charge in [0.05, 0.1) is 17.8 Å². The van der Waals surface area contributed by atoms with Gasteiger partial charge in [-0.2, -0.15) is 13.9 Å². The van der Waals surface area contributed by atoms with Crippen molar-refractivity contribution < 1.29 is 13.6 Å². The molecule has 3 aromatic rings. The minimum atomic E-state index is -2.46. The van der Waals surface area contributed by atoms with Gasteiger partial charge in [-0.3, -0.25) is 14.5 Å². The van der Waals surface area contributed by atoms with Crippen LogP contribution in [0.3, 0.4) is 0 Å². The van der Waals surface area contributed by atoms with Gasteiger partial charge in [0.1, 0.15) is 0 Å². The monoisotopic (exact) mass is 447 g/mol. The van der Waals surface area contributed by atoms with Crippen molar-refractivity contribution in [2.24, 2.45) is 0 Å². The summed E-state index contributed by atoms with van der Waals surface area (Å²) in [5, 5.41) is 13.1. The SMILES string of the molecule is O=C(NCc1n[nH]c(=S)n1C1CC1)c1ccccc1Nc1ccc(SC(F)F)cc1.